The van der Waals surface area contributed by atoms with Crippen molar-refractivity contribution in [3.05, 3.63) is 0 Å². The molecule has 0 aromatic heterocycles. The van der Waals surface area contributed by atoms with Crippen LogP contribution < -0.4 is 281 Å². The fourth-order valence-electron chi connectivity index (χ4n) is 0. The van der Waals surface area contributed by atoms with Gasteiger partial charge >= 0.3 is 281 Å². The van der Waals surface area contributed by atoms with Crippen LogP contribution in [0.3, 0.4) is 0 Å². The maximum absolute atomic E-state index is 0. The van der Waals surface area contributed by atoms with Gasteiger partial charge in [-0.05, 0) is 0 Å². The molecule has 8 heavy (non-hydrogen) atoms. The minimum absolute atomic E-state index is 0. The third-order valence-electron chi connectivity index (χ3n) is 0. The molecule has 0 spiro atoms. The average molecular weight is 192 g/mol. The Kier molecular flexibility index (Phi) is 300. The first-order valence-corrected chi connectivity index (χ1v) is 0. The molecule has 8 heteroatoms. The van der Waals surface area contributed by atoms with Crippen molar-refractivity contribution in [2.24, 2.45) is 0 Å². The monoisotopic (exact) mass is 192 g/mol. The van der Waals surface area contributed by atoms with Crippen LogP contribution in [0.25, 0.3) is 0 Å². The molecule has 0 aromatic carbocycles. The zero-order valence-electron chi connectivity index (χ0n) is 16.0. The van der Waals surface area contributed by atoms with Gasteiger partial charge in [-0.3, -0.25) is 0 Å². The van der Waals surface area contributed by atoms with Gasteiger partial charge in [0.15, 0.2) is 0 Å². The Morgan fingerprint density at radius 1 is 0.375 bits per heavy atom. The van der Waals surface area contributed by atoms with Crippen molar-refractivity contribution in [2.45, 2.75) is 0 Å². The molecule has 0 N–H and O–H groups in total. The van der Waals surface area contributed by atoms with Gasteiger partial charge in [-0.2, -0.15) is 0 Å². The van der Waals surface area contributed by atoms with Crippen LogP contribution in [0.1, 0.15) is 11.4 Å². The van der Waals surface area contributed by atoms with Gasteiger partial charge in [0.2, 0.25) is 0 Å². The van der Waals surface area contributed by atoms with Crippen molar-refractivity contribution >= 4 is 0 Å². The van der Waals surface area contributed by atoms with Crippen LogP contribution in [-0.4, -0.2) is 0 Å². The fraction of sp³-hybridized carbons (Fsp3) is 0. The molecular formula is H8K4Li4. The Hall–Kier alpha value is 8.94. The molecule has 0 heterocycles. The smallest absolute Gasteiger partial charge is 1.00 e. The second-order valence-electron chi connectivity index (χ2n) is 0. The fourth-order valence-corrected chi connectivity index (χ4v) is 0. The molecule has 0 saturated heterocycles. The molecule has 0 nitrogen and oxygen atoms in total. The first kappa shape index (κ1) is 53.9. The van der Waals surface area contributed by atoms with E-state index < -0.39 is 0 Å². The molecule has 0 aromatic rings. The Morgan fingerprint density at radius 3 is 0.375 bits per heavy atom. The van der Waals surface area contributed by atoms with Gasteiger partial charge in [0.1, 0.15) is 0 Å². The third-order valence-corrected chi connectivity index (χ3v) is 0. The quantitative estimate of drug-likeness (QED) is 0.334. The zero-order valence-corrected chi connectivity index (χ0v) is 20.5. The summed E-state index contributed by atoms with van der Waals surface area (Å²) in [5.41, 5.74) is 0. The standard InChI is InChI=1S/4K.4Li.8H/q8*+1;8*-1. The Bertz CT molecular complexity index is 24.0. The summed E-state index contributed by atoms with van der Waals surface area (Å²) in [7, 11) is 0. The van der Waals surface area contributed by atoms with Crippen LogP contribution in [0.5, 0.6) is 0 Å². The van der Waals surface area contributed by atoms with Crippen LogP contribution in [0.15, 0.2) is 0 Å². The van der Waals surface area contributed by atoms with Crippen molar-refractivity contribution in [3.63, 3.8) is 0 Å². The van der Waals surface area contributed by atoms with Gasteiger partial charge in [-0.15, -0.1) is 0 Å². The van der Waals surface area contributed by atoms with Crippen LogP contribution >= 0.6 is 0 Å². The van der Waals surface area contributed by atoms with Gasteiger partial charge in [0, 0.05) is 0 Å². The van der Waals surface area contributed by atoms with E-state index in [0.29, 0.717) is 0 Å². The minimum atomic E-state index is 0. The minimum Gasteiger partial charge on any atom is -1.00 e. The molecule has 0 fully saturated rings. The molecule has 0 aliphatic carbocycles. The van der Waals surface area contributed by atoms with Crippen molar-refractivity contribution in [1.29, 1.82) is 0 Å². The average Bonchev–Trinajstić information content (AvgIpc) is 0. The molecule has 0 rings (SSSR count). The van der Waals surface area contributed by atoms with E-state index in [-0.39, 0.29) is 292 Å². The molecule has 0 unspecified atom stereocenters. The summed E-state index contributed by atoms with van der Waals surface area (Å²) < 4.78 is 0. The Labute approximate surface area is 282 Å². The van der Waals surface area contributed by atoms with Crippen LogP contribution in [0.4, 0.5) is 0 Å². The van der Waals surface area contributed by atoms with Gasteiger partial charge in [0.05, 0.1) is 0 Å². The second kappa shape index (κ2) is 44.5. The van der Waals surface area contributed by atoms with E-state index in [0.717, 1.165) is 0 Å². The maximum Gasteiger partial charge on any atom is 1.00 e. The van der Waals surface area contributed by atoms with E-state index >= 15 is 0 Å². The van der Waals surface area contributed by atoms with Crippen LogP contribution in [-0.2, 0) is 0 Å². The number of hydrogen-bond acceptors (Lipinski definition) is 0. The van der Waals surface area contributed by atoms with E-state index in [1.54, 1.807) is 0 Å². The SMILES string of the molecule is [H-].[H-].[H-].[H-].[H-].[H-].[H-].[H-].[K+].[K+].[K+].[K+].[Li+].[Li+].[Li+].[Li+]. The van der Waals surface area contributed by atoms with Crippen molar-refractivity contribution in [2.75, 3.05) is 0 Å². The first-order chi connectivity index (χ1) is 0. The molecule has 0 aliphatic heterocycles. The summed E-state index contributed by atoms with van der Waals surface area (Å²) in [6.45, 7) is 0. The predicted molar refractivity (Wildman–Crippen MR) is 8.90 cm³/mol. The topological polar surface area (TPSA) is 0 Å². The van der Waals surface area contributed by atoms with Crippen molar-refractivity contribution in [3.8, 4) is 0 Å². The summed E-state index contributed by atoms with van der Waals surface area (Å²) in [6, 6.07) is 0. The molecule has 0 atom stereocenters. The van der Waals surface area contributed by atoms with Crippen molar-refractivity contribution in [1.82, 2.24) is 0 Å². The second-order valence-corrected chi connectivity index (χ2v) is 0. The third kappa shape index (κ3) is 36.3. The summed E-state index contributed by atoms with van der Waals surface area (Å²) >= 11 is 0. The summed E-state index contributed by atoms with van der Waals surface area (Å²) in [4.78, 5) is 0. The van der Waals surface area contributed by atoms with Gasteiger partial charge in [-0.1, -0.05) is 0 Å². The van der Waals surface area contributed by atoms with E-state index in [1.165, 1.54) is 0 Å². The maximum atomic E-state index is 0. The molecule has 0 amide bonds. The number of rotatable bonds is 0. The summed E-state index contributed by atoms with van der Waals surface area (Å²) in [5.74, 6) is 0. The predicted octanol–water partition coefficient (Wildman–Crippen LogP) is -23.1. The van der Waals surface area contributed by atoms with Gasteiger partial charge < -0.3 is 11.4 Å². The van der Waals surface area contributed by atoms with E-state index in [4.69, 9.17) is 0 Å². The largest absolute Gasteiger partial charge is 1.00 e. The molecule has 0 aliphatic rings. The molecule has 0 radical (unpaired) electrons. The van der Waals surface area contributed by atoms with Crippen LogP contribution in [0.2, 0.25) is 0 Å². The van der Waals surface area contributed by atoms with E-state index in [2.05, 4.69) is 0 Å². The van der Waals surface area contributed by atoms with Gasteiger partial charge in [-0.25, -0.2) is 0 Å². The normalized spacial score (nSPS) is 0. The Morgan fingerprint density at radius 2 is 0.375 bits per heavy atom. The summed E-state index contributed by atoms with van der Waals surface area (Å²) in [5, 5.41) is 0. The van der Waals surface area contributed by atoms with Gasteiger partial charge in [0.25, 0.3) is 0 Å². The number of hydrogen-bond donors (Lipinski definition) is 0. The molecular weight excluding hydrogens is 184 g/mol. The molecule has 0 bridgehead atoms. The van der Waals surface area contributed by atoms with E-state index in [9.17, 15) is 0 Å². The summed E-state index contributed by atoms with van der Waals surface area (Å²) in [6.07, 6.45) is 0. The first-order valence-electron chi connectivity index (χ1n) is 0. The Balaban J connectivity index is 0. The molecule has 0 saturated carbocycles. The van der Waals surface area contributed by atoms with E-state index in [1.807, 2.05) is 0 Å². The zero-order chi connectivity index (χ0) is 0. The molecule has 16 valence electrons. The van der Waals surface area contributed by atoms with Crippen LogP contribution in [0, 0.1) is 0 Å². The van der Waals surface area contributed by atoms with Crippen molar-refractivity contribution < 1.29 is 292 Å².